The summed E-state index contributed by atoms with van der Waals surface area (Å²) in [5.74, 6) is 0.502. The van der Waals surface area contributed by atoms with Crippen LogP contribution < -0.4 is 10.5 Å². The molecule has 1 aromatic heterocycles. The van der Waals surface area contributed by atoms with Crippen molar-refractivity contribution in [2.24, 2.45) is 5.73 Å². The molecule has 1 aliphatic rings. The van der Waals surface area contributed by atoms with Crippen LogP contribution in [0.25, 0.3) is 0 Å². The van der Waals surface area contributed by atoms with Gasteiger partial charge in [-0.25, -0.2) is 4.39 Å². The fraction of sp³-hybridized carbons (Fsp3) is 0.500. The lowest BCUT2D eigenvalue weighted by atomic mass is 9.75. The highest BCUT2D eigenvalue weighted by Gasteiger charge is 2.47. The average molecular weight is 196 g/mol. The molecule has 1 fully saturated rings. The van der Waals surface area contributed by atoms with Gasteiger partial charge in [-0.15, -0.1) is 0 Å². The van der Waals surface area contributed by atoms with Crippen molar-refractivity contribution < 1.29 is 9.13 Å². The van der Waals surface area contributed by atoms with Gasteiger partial charge in [0.2, 0.25) is 0 Å². The van der Waals surface area contributed by atoms with Gasteiger partial charge >= 0.3 is 0 Å². The number of ether oxygens (including phenoxy) is 1. The number of methoxy groups -OCH3 is 1. The van der Waals surface area contributed by atoms with E-state index in [2.05, 4.69) is 4.98 Å². The Kier molecular flexibility index (Phi) is 2.15. The molecule has 3 nitrogen and oxygen atoms in total. The lowest BCUT2D eigenvalue weighted by molar-refractivity contribution is 0.0333. The maximum absolute atomic E-state index is 14.1. The Labute approximate surface area is 82.1 Å². The molecular weight excluding hydrogens is 183 g/mol. The third-order valence-electron chi connectivity index (χ3n) is 2.59. The molecule has 0 unspecified atom stereocenters. The summed E-state index contributed by atoms with van der Waals surface area (Å²) in [7, 11) is 1.52. The van der Waals surface area contributed by atoms with E-state index in [0.717, 1.165) is 0 Å². The van der Waals surface area contributed by atoms with E-state index in [0.29, 0.717) is 24.3 Å². The minimum Gasteiger partial charge on any atom is -0.495 e. The first-order valence-electron chi connectivity index (χ1n) is 4.60. The SMILES string of the molecule is COc1cccnc1C1(F)CC(N)C1. The smallest absolute Gasteiger partial charge is 0.159 e. The lowest BCUT2D eigenvalue weighted by Gasteiger charge is -2.39. The Balaban J connectivity index is 2.32. The van der Waals surface area contributed by atoms with Crippen LogP contribution in [0.4, 0.5) is 4.39 Å². The topological polar surface area (TPSA) is 48.1 Å². The molecular formula is C10H13FN2O. The summed E-state index contributed by atoms with van der Waals surface area (Å²) in [6.07, 6.45) is 2.24. The normalized spacial score (nSPS) is 30.9. The van der Waals surface area contributed by atoms with E-state index in [1.807, 2.05) is 0 Å². The van der Waals surface area contributed by atoms with Crippen LogP contribution in [0.3, 0.4) is 0 Å². The Morgan fingerprint density at radius 2 is 2.36 bits per heavy atom. The molecule has 14 heavy (non-hydrogen) atoms. The van der Waals surface area contributed by atoms with Crippen molar-refractivity contribution in [1.29, 1.82) is 0 Å². The van der Waals surface area contributed by atoms with Gasteiger partial charge in [0.15, 0.2) is 5.67 Å². The van der Waals surface area contributed by atoms with Crippen LogP contribution in [0.15, 0.2) is 18.3 Å². The molecule has 76 valence electrons. The van der Waals surface area contributed by atoms with Crippen LogP contribution in [0.1, 0.15) is 18.5 Å². The van der Waals surface area contributed by atoms with Crippen LogP contribution in [-0.2, 0) is 5.67 Å². The van der Waals surface area contributed by atoms with Crippen molar-refractivity contribution in [2.45, 2.75) is 24.6 Å². The predicted octanol–water partition coefficient (Wildman–Crippen LogP) is 1.38. The van der Waals surface area contributed by atoms with E-state index < -0.39 is 5.67 Å². The van der Waals surface area contributed by atoms with Crippen LogP contribution >= 0.6 is 0 Å². The van der Waals surface area contributed by atoms with Crippen molar-refractivity contribution in [3.05, 3.63) is 24.0 Å². The number of nitrogens with two attached hydrogens (primary N) is 1. The third kappa shape index (κ3) is 1.35. The predicted molar refractivity (Wildman–Crippen MR) is 50.8 cm³/mol. The molecule has 0 radical (unpaired) electrons. The van der Waals surface area contributed by atoms with Gasteiger partial charge < -0.3 is 10.5 Å². The van der Waals surface area contributed by atoms with Crippen LogP contribution in [0.2, 0.25) is 0 Å². The second kappa shape index (κ2) is 3.20. The Bertz CT molecular complexity index is 337. The average Bonchev–Trinajstić information content (AvgIpc) is 2.15. The fourth-order valence-electron chi connectivity index (χ4n) is 1.86. The number of rotatable bonds is 2. The van der Waals surface area contributed by atoms with E-state index in [1.165, 1.54) is 7.11 Å². The quantitative estimate of drug-likeness (QED) is 0.777. The molecule has 1 heterocycles. The van der Waals surface area contributed by atoms with Gasteiger partial charge in [0.25, 0.3) is 0 Å². The fourth-order valence-corrected chi connectivity index (χ4v) is 1.86. The molecule has 2 N–H and O–H groups in total. The lowest BCUT2D eigenvalue weighted by Crippen LogP contribution is -2.46. The van der Waals surface area contributed by atoms with Crippen LogP contribution in [-0.4, -0.2) is 18.1 Å². The standard InChI is InChI=1S/C10H13FN2O/c1-14-8-3-2-4-13-9(8)10(11)5-7(12)6-10/h2-4,7H,5-6,12H2,1H3. The maximum atomic E-state index is 14.1. The number of aromatic nitrogens is 1. The third-order valence-corrected chi connectivity index (χ3v) is 2.59. The Morgan fingerprint density at radius 3 is 2.93 bits per heavy atom. The summed E-state index contributed by atoms with van der Waals surface area (Å²) in [4.78, 5) is 4.02. The second-order valence-electron chi connectivity index (χ2n) is 3.69. The highest BCUT2D eigenvalue weighted by Crippen LogP contribution is 2.46. The number of pyridine rings is 1. The summed E-state index contributed by atoms with van der Waals surface area (Å²) in [6.45, 7) is 0. The largest absolute Gasteiger partial charge is 0.495 e. The van der Waals surface area contributed by atoms with E-state index >= 15 is 0 Å². The highest BCUT2D eigenvalue weighted by atomic mass is 19.1. The summed E-state index contributed by atoms with van der Waals surface area (Å²) < 4.78 is 19.2. The number of hydrogen-bond donors (Lipinski definition) is 1. The molecule has 0 aliphatic heterocycles. The van der Waals surface area contributed by atoms with E-state index in [1.54, 1.807) is 18.3 Å². The molecule has 2 rings (SSSR count). The van der Waals surface area contributed by atoms with Crippen molar-refractivity contribution in [3.63, 3.8) is 0 Å². The van der Waals surface area contributed by atoms with Gasteiger partial charge in [-0.2, -0.15) is 0 Å². The maximum Gasteiger partial charge on any atom is 0.159 e. The Hall–Kier alpha value is -1.16. The summed E-state index contributed by atoms with van der Waals surface area (Å²) in [6, 6.07) is 3.39. The van der Waals surface area contributed by atoms with Crippen molar-refractivity contribution in [2.75, 3.05) is 7.11 Å². The first kappa shape index (κ1) is 9.40. The van der Waals surface area contributed by atoms with Gasteiger partial charge in [-0.3, -0.25) is 4.98 Å². The number of halogens is 1. The second-order valence-corrected chi connectivity index (χ2v) is 3.69. The van der Waals surface area contributed by atoms with Crippen LogP contribution in [0.5, 0.6) is 5.75 Å². The molecule has 0 bridgehead atoms. The zero-order valence-corrected chi connectivity index (χ0v) is 8.03. The minimum atomic E-state index is -1.38. The number of hydrogen-bond acceptors (Lipinski definition) is 3. The molecule has 0 amide bonds. The number of nitrogens with zero attached hydrogens (tertiary/aromatic N) is 1. The first-order valence-corrected chi connectivity index (χ1v) is 4.60. The molecule has 0 aromatic carbocycles. The highest BCUT2D eigenvalue weighted by molar-refractivity contribution is 5.34. The van der Waals surface area contributed by atoms with Gasteiger partial charge in [0.1, 0.15) is 11.4 Å². The van der Waals surface area contributed by atoms with Gasteiger partial charge in [-0.1, -0.05) is 0 Å². The van der Waals surface area contributed by atoms with E-state index in [4.69, 9.17) is 10.5 Å². The van der Waals surface area contributed by atoms with Crippen molar-refractivity contribution in [1.82, 2.24) is 4.98 Å². The van der Waals surface area contributed by atoms with E-state index in [9.17, 15) is 4.39 Å². The molecule has 4 heteroatoms. The van der Waals surface area contributed by atoms with Crippen molar-refractivity contribution >= 4 is 0 Å². The van der Waals surface area contributed by atoms with Crippen molar-refractivity contribution in [3.8, 4) is 5.75 Å². The van der Waals surface area contributed by atoms with Gasteiger partial charge in [0.05, 0.1) is 7.11 Å². The van der Waals surface area contributed by atoms with Gasteiger partial charge in [-0.05, 0) is 12.1 Å². The first-order chi connectivity index (χ1) is 6.65. The monoisotopic (exact) mass is 196 g/mol. The zero-order valence-electron chi connectivity index (χ0n) is 8.03. The molecule has 1 saturated carbocycles. The molecule has 0 atom stereocenters. The molecule has 1 aromatic rings. The minimum absolute atomic E-state index is 0.0493. The number of alkyl halides is 1. The van der Waals surface area contributed by atoms with Gasteiger partial charge in [0, 0.05) is 25.1 Å². The molecule has 0 spiro atoms. The van der Waals surface area contributed by atoms with Crippen LogP contribution in [0, 0.1) is 0 Å². The summed E-state index contributed by atoms with van der Waals surface area (Å²) >= 11 is 0. The molecule has 1 aliphatic carbocycles. The summed E-state index contributed by atoms with van der Waals surface area (Å²) in [5.41, 5.74) is 4.57. The Morgan fingerprint density at radius 1 is 1.64 bits per heavy atom. The van der Waals surface area contributed by atoms with E-state index in [-0.39, 0.29) is 6.04 Å². The summed E-state index contributed by atoms with van der Waals surface area (Å²) in [5, 5.41) is 0. The molecule has 0 saturated heterocycles. The zero-order chi connectivity index (χ0) is 10.2.